The Labute approximate surface area is 99.5 Å². The predicted molar refractivity (Wildman–Crippen MR) is 54.4 cm³/mol. The molecule has 0 radical (unpaired) electrons. The van der Waals surface area contributed by atoms with Gasteiger partial charge in [0.1, 0.15) is 0 Å². The molecular weight excluding hydrogens is 230 g/mol. The molecule has 0 saturated carbocycles. The van der Waals surface area contributed by atoms with E-state index in [4.69, 9.17) is 5.11 Å². The summed E-state index contributed by atoms with van der Waals surface area (Å²) in [6.45, 7) is 4.99. The zero-order valence-electron chi connectivity index (χ0n) is 9.42. The molecule has 0 aliphatic heterocycles. The largest absolute Gasteiger partial charge is 0.481 e. The first-order valence-electron chi connectivity index (χ1n) is 4.66. The van der Waals surface area contributed by atoms with Crippen molar-refractivity contribution in [2.24, 2.45) is 5.41 Å². The van der Waals surface area contributed by atoms with Gasteiger partial charge in [0.25, 0.3) is 0 Å². The van der Waals surface area contributed by atoms with Crippen LogP contribution in [0.2, 0.25) is 0 Å². The van der Waals surface area contributed by atoms with Crippen LogP contribution in [-0.2, 0) is 24.3 Å². The van der Waals surface area contributed by atoms with Gasteiger partial charge in [0.05, 0.1) is 5.41 Å². The molecule has 0 unspecified atom stereocenters. The second kappa shape index (κ2) is 8.05. The van der Waals surface area contributed by atoms with Crippen molar-refractivity contribution in [1.29, 1.82) is 0 Å². The van der Waals surface area contributed by atoms with Crippen molar-refractivity contribution in [3.8, 4) is 0 Å². The number of hydrogen-bond donors (Lipinski definition) is 1. The molecule has 0 atom stereocenters. The molecule has 3 heteroatoms. The molecule has 0 spiro atoms. The van der Waals surface area contributed by atoms with E-state index < -0.39 is 11.4 Å². The molecule has 1 rings (SSSR count). The second-order valence-corrected chi connectivity index (χ2v) is 4.15. The van der Waals surface area contributed by atoms with E-state index in [2.05, 4.69) is 18.6 Å². The van der Waals surface area contributed by atoms with Gasteiger partial charge in [-0.2, -0.15) is 0 Å². The van der Waals surface area contributed by atoms with Crippen molar-refractivity contribution in [3.05, 3.63) is 18.6 Å². The van der Waals surface area contributed by atoms with E-state index in [9.17, 15) is 4.79 Å². The van der Waals surface area contributed by atoms with Crippen LogP contribution in [0.1, 0.15) is 40.0 Å². The second-order valence-electron chi connectivity index (χ2n) is 4.15. The Morgan fingerprint density at radius 3 is 2.00 bits per heavy atom. The van der Waals surface area contributed by atoms with Crippen molar-refractivity contribution in [2.75, 3.05) is 0 Å². The minimum absolute atomic E-state index is 0. The van der Waals surface area contributed by atoms with Gasteiger partial charge in [-0.25, -0.2) is 18.6 Å². The van der Waals surface area contributed by atoms with E-state index in [1.807, 2.05) is 0 Å². The third kappa shape index (κ3) is 9.79. The van der Waals surface area contributed by atoms with Crippen LogP contribution in [0.15, 0.2) is 12.2 Å². The number of hydrogen-bond acceptors (Lipinski definition) is 1. The predicted octanol–water partition coefficient (Wildman–Crippen LogP) is 3.05. The van der Waals surface area contributed by atoms with E-state index in [-0.39, 0.29) is 19.5 Å². The minimum Gasteiger partial charge on any atom is -0.481 e. The van der Waals surface area contributed by atoms with Crippen molar-refractivity contribution in [3.63, 3.8) is 0 Å². The number of allylic oxidation sites excluding steroid dienone is 2. The zero-order chi connectivity index (χ0) is 10.3. The molecule has 78 valence electrons. The van der Waals surface area contributed by atoms with Gasteiger partial charge in [0.2, 0.25) is 0 Å². The van der Waals surface area contributed by atoms with Gasteiger partial charge in [0, 0.05) is 19.5 Å². The van der Waals surface area contributed by atoms with Gasteiger partial charge in [-0.3, -0.25) is 4.79 Å². The fourth-order valence-corrected chi connectivity index (χ4v) is 0.642. The van der Waals surface area contributed by atoms with E-state index in [0.717, 1.165) is 0 Å². The van der Waals surface area contributed by atoms with Crippen LogP contribution in [0.25, 0.3) is 0 Å². The van der Waals surface area contributed by atoms with Gasteiger partial charge in [0.15, 0.2) is 0 Å². The molecule has 0 aromatic heterocycles. The van der Waals surface area contributed by atoms with Gasteiger partial charge in [-0.05, 0) is 20.8 Å². The molecule has 2 nitrogen and oxygen atoms in total. The van der Waals surface area contributed by atoms with Crippen molar-refractivity contribution in [1.82, 2.24) is 0 Å². The van der Waals surface area contributed by atoms with Crippen LogP contribution >= 0.6 is 0 Å². The molecular formula is C11H19O2Zn-. The summed E-state index contributed by atoms with van der Waals surface area (Å²) < 4.78 is 0. The maximum absolute atomic E-state index is 10.0. The summed E-state index contributed by atoms with van der Waals surface area (Å²) in [5.74, 6) is -0.757. The molecule has 0 aromatic rings. The van der Waals surface area contributed by atoms with Gasteiger partial charge in [-0.15, -0.1) is 12.8 Å². The van der Waals surface area contributed by atoms with Crippen LogP contribution < -0.4 is 0 Å². The topological polar surface area (TPSA) is 37.3 Å². The summed E-state index contributed by atoms with van der Waals surface area (Å²) in [4.78, 5) is 10.0. The van der Waals surface area contributed by atoms with Crippen LogP contribution in [-0.4, -0.2) is 11.1 Å². The number of rotatable bonds is 0. The first kappa shape index (κ1) is 16.1. The minimum atomic E-state index is -0.757. The van der Waals surface area contributed by atoms with E-state index >= 15 is 0 Å². The normalized spacial score (nSPS) is 14.2. The molecule has 0 saturated heterocycles. The Balaban J connectivity index is 0. The van der Waals surface area contributed by atoms with Gasteiger partial charge >= 0.3 is 5.97 Å². The summed E-state index contributed by atoms with van der Waals surface area (Å²) in [5.41, 5.74) is -0.583. The molecule has 0 fully saturated rings. The summed E-state index contributed by atoms with van der Waals surface area (Å²) in [6.07, 6.45) is 10.5. The third-order valence-electron chi connectivity index (χ3n) is 1.66. The zero-order valence-corrected chi connectivity index (χ0v) is 12.4. The van der Waals surface area contributed by atoms with Crippen molar-refractivity contribution >= 4 is 5.97 Å². The number of aliphatic carboxylic acids is 1. The summed E-state index contributed by atoms with van der Waals surface area (Å²) in [5, 5.41) is 8.25. The average molecular weight is 249 g/mol. The quantitative estimate of drug-likeness (QED) is 0.528. The monoisotopic (exact) mass is 247 g/mol. The molecule has 0 amide bonds. The maximum atomic E-state index is 10.0. The Hall–Kier alpha value is -0.297. The Bertz CT molecular complexity index is 172. The Morgan fingerprint density at radius 2 is 1.93 bits per heavy atom. The fraction of sp³-hybridized carbons (Fsp3) is 0.636. The molecule has 1 aliphatic rings. The van der Waals surface area contributed by atoms with Crippen LogP contribution in [0.3, 0.4) is 0 Å². The number of carboxylic acids is 1. The number of carbonyl (C=O) groups is 1. The standard InChI is InChI=1S/C6H9.C5H10O2.Zn/c1-2-4-6-5-3-1;1-5(2,3)4(6)7;/h1-3H,4-6H2;1-3H3,(H,6,7);/q-1;;. The SMILES string of the molecule is C1=CCCC[CH-]1.CC(C)(C)C(=O)O.[Zn]. The molecule has 0 aromatic carbocycles. The van der Waals surface area contributed by atoms with Crippen molar-refractivity contribution < 1.29 is 29.4 Å². The maximum Gasteiger partial charge on any atom is 0.308 e. The summed E-state index contributed by atoms with van der Waals surface area (Å²) in [6, 6.07) is 0. The molecule has 1 aliphatic carbocycles. The number of carboxylic acid groups (broad SMARTS) is 1. The average Bonchev–Trinajstić information content (AvgIpc) is 2.07. The first-order chi connectivity index (χ1) is 5.94. The van der Waals surface area contributed by atoms with Crippen LogP contribution in [0, 0.1) is 11.8 Å². The van der Waals surface area contributed by atoms with Crippen LogP contribution in [0.5, 0.6) is 0 Å². The van der Waals surface area contributed by atoms with E-state index in [0.29, 0.717) is 0 Å². The van der Waals surface area contributed by atoms with Crippen LogP contribution in [0.4, 0.5) is 0 Å². The molecule has 0 bridgehead atoms. The Kier molecular flexibility index (Phi) is 9.28. The Morgan fingerprint density at radius 1 is 1.43 bits per heavy atom. The van der Waals surface area contributed by atoms with Gasteiger partial charge < -0.3 is 5.11 Å². The molecule has 1 N–H and O–H groups in total. The fourth-order valence-electron chi connectivity index (χ4n) is 0.642. The van der Waals surface area contributed by atoms with E-state index in [1.54, 1.807) is 20.8 Å². The molecule has 0 heterocycles. The smallest absolute Gasteiger partial charge is 0.308 e. The van der Waals surface area contributed by atoms with Gasteiger partial charge in [-0.1, -0.05) is 6.42 Å². The summed E-state index contributed by atoms with van der Waals surface area (Å²) >= 11 is 0. The van der Waals surface area contributed by atoms with E-state index in [1.165, 1.54) is 19.3 Å². The van der Waals surface area contributed by atoms with Crippen molar-refractivity contribution in [2.45, 2.75) is 40.0 Å². The molecule has 14 heavy (non-hydrogen) atoms. The summed E-state index contributed by atoms with van der Waals surface area (Å²) in [7, 11) is 0. The first-order valence-corrected chi connectivity index (χ1v) is 4.66. The third-order valence-corrected chi connectivity index (χ3v) is 1.66.